The van der Waals surface area contributed by atoms with Gasteiger partial charge in [0.1, 0.15) is 12.1 Å². The fraction of sp³-hybridized carbons (Fsp3) is 0.300. The molecule has 0 aromatic heterocycles. The van der Waals surface area contributed by atoms with Crippen LogP contribution in [0.2, 0.25) is 0 Å². The van der Waals surface area contributed by atoms with Gasteiger partial charge in [-0.2, -0.15) is 0 Å². The Hall–Kier alpha value is -3.00. The van der Waals surface area contributed by atoms with E-state index >= 15 is 0 Å². The topological polar surface area (TPSA) is 55.8 Å². The predicted molar refractivity (Wildman–Crippen MR) is 94.9 cm³/mol. The van der Waals surface area contributed by atoms with E-state index in [4.69, 9.17) is 9.47 Å². The van der Waals surface area contributed by atoms with E-state index < -0.39 is 6.04 Å². The maximum Gasteiger partial charge on any atom is 0.329 e. The Morgan fingerprint density at radius 1 is 1.32 bits per heavy atom. The molecule has 1 aliphatic heterocycles. The molecule has 0 radical (unpaired) electrons. The van der Waals surface area contributed by atoms with Gasteiger partial charge in [0.2, 0.25) is 0 Å². The van der Waals surface area contributed by atoms with Gasteiger partial charge in [-0.3, -0.25) is 9.69 Å². The average molecular weight is 337 g/mol. The number of cyclic esters (lactones) is 1. The third kappa shape index (κ3) is 3.29. The lowest BCUT2D eigenvalue weighted by Crippen LogP contribution is -2.45. The summed E-state index contributed by atoms with van der Waals surface area (Å²) in [7, 11) is 0. The molecular formula is C20H19NO4. The fourth-order valence-corrected chi connectivity index (χ4v) is 3.10. The van der Waals surface area contributed by atoms with Crippen molar-refractivity contribution >= 4 is 28.3 Å². The SMILES string of the molecule is CC#COCC(=O)N(c1c(C)ccc2ccccc12)C1CCOC1=O. The highest BCUT2D eigenvalue weighted by atomic mass is 16.5. The molecule has 0 aliphatic carbocycles. The van der Waals surface area contributed by atoms with Crippen molar-refractivity contribution in [2.75, 3.05) is 18.1 Å². The van der Waals surface area contributed by atoms with E-state index in [0.29, 0.717) is 13.0 Å². The van der Waals surface area contributed by atoms with Gasteiger partial charge in [0.15, 0.2) is 6.61 Å². The number of esters is 1. The Bertz CT molecular complexity index is 878. The minimum absolute atomic E-state index is 0.215. The molecule has 1 aliphatic rings. The molecule has 0 N–H and O–H groups in total. The first-order chi connectivity index (χ1) is 12.1. The fourth-order valence-electron chi connectivity index (χ4n) is 3.10. The Labute approximate surface area is 146 Å². The summed E-state index contributed by atoms with van der Waals surface area (Å²) in [6.07, 6.45) is 2.89. The molecule has 1 fully saturated rings. The monoisotopic (exact) mass is 337 g/mol. The maximum absolute atomic E-state index is 12.9. The number of hydrogen-bond donors (Lipinski definition) is 0. The van der Waals surface area contributed by atoms with Crippen molar-refractivity contribution in [3.05, 3.63) is 42.0 Å². The molecule has 1 amide bonds. The van der Waals surface area contributed by atoms with E-state index in [1.165, 1.54) is 4.90 Å². The van der Waals surface area contributed by atoms with Crippen LogP contribution in [0.15, 0.2) is 36.4 Å². The molecule has 5 nitrogen and oxygen atoms in total. The Morgan fingerprint density at radius 2 is 2.12 bits per heavy atom. The standard InChI is InChI=1S/C20H19NO4/c1-3-11-24-13-18(22)21(17-10-12-25-20(17)23)19-14(2)8-9-15-6-4-5-7-16(15)19/h4-9,17H,10,12-13H2,1-2H3. The molecule has 1 atom stereocenters. The summed E-state index contributed by atoms with van der Waals surface area (Å²) < 4.78 is 10.2. The Kier molecular flexibility index (Phi) is 4.90. The number of benzene rings is 2. The van der Waals surface area contributed by atoms with Crippen molar-refractivity contribution < 1.29 is 19.1 Å². The van der Waals surface area contributed by atoms with Crippen LogP contribution >= 0.6 is 0 Å². The number of ether oxygens (including phenoxy) is 2. The number of nitrogens with zero attached hydrogens (tertiary/aromatic N) is 1. The van der Waals surface area contributed by atoms with Gasteiger partial charge >= 0.3 is 5.97 Å². The first kappa shape index (κ1) is 16.8. The number of carbonyl (C=O) groups is 2. The van der Waals surface area contributed by atoms with Crippen LogP contribution < -0.4 is 4.90 Å². The van der Waals surface area contributed by atoms with Crippen LogP contribution in [0, 0.1) is 19.0 Å². The van der Waals surface area contributed by atoms with E-state index in [9.17, 15) is 9.59 Å². The molecule has 128 valence electrons. The summed E-state index contributed by atoms with van der Waals surface area (Å²) in [5, 5.41) is 1.92. The van der Waals surface area contributed by atoms with Crippen LogP contribution in [0.3, 0.4) is 0 Å². The van der Waals surface area contributed by atoms with Gasteiger partial charge in [0.05, 0.1) is 12.3 Å². The zero-order valence-electron chi connectivity index (χ0n) is 14.2. The van der Waals surface area contributed by atoms with Crippen LogP contribution in [0.1, 0.15) is 18.9 Å². The minimum Gasteiger partial charge on any atom is -0.464 e. The lowest BCUT2D eigenvalue weighted by Gasteiger charge is -2.29. The smallest absolute Gasteiger partial charge is 0.329 e. The third-order valence-electron chi connectivity index (χ3n) is 4.20. The maximum atomic E-state index is 12.9. The van der Waals surface area contributed by atoms with Crippen molar-refractivity contribution in [1.29, 1.82) is 0 Å². The summed E-state index contributed by atoms with van der Waals surface area (Å²) in [5.74, 6) is 1.89. The van der Waals surface area contributed by atoms with Gasteiger partial charge in [-0.15, -0.1) is 0 Å². The number of rotatable bonds is 4. The van der Waals surface area contributed by atoms with Gasteiger partial charge in [-0.1, -0.05) is 42.3 Å². The Morgan fingerprint density at radius 3 is 2.84 bits per heavy atom. The lowest BCUT2D eigenvalue weighted by atomic mass is 10.0. The third-order valence-corrected chi connectivity index (χ3v) is 4.20. The minimum atomic E-state index is -0.643. The van der Waals surface area contributed by atoms with Crippen molar-refractivity contribution in [3.63, 3.8) is 0 Å². The van der Waals surface area contributed by atoms with E-state index in [0.717, 1.165) is 22.0 Å². The van der Waals surface area contributed by atoms with Crippen molar-refractivity contribution in [1.82, 2.24) is 0 Å². The highest BCUT2D eigenvalue weighted by Crippen LogP contribution is 2.34. The second kappa shape index (κ2) is 7.27. The second-order valence-corrected chi connectivity index (χ2v) is 5.83. The summed E-state index contributed by atoms with van der Waals surface area (Å²) in [4.78, 5) is 26.6. The van der Waals surface area contributed by atoms with Crippen LogP contribution in [0.25, 0.3) is 10.8 Å². The highest BCUT2D eigenvalue weighted by Gasteiger charge is 2.37. The molecule has 3 rings (SSSR count). The second-order valence-electron chi connectivity index (χ2n) is 5.83. The number of carbonyl (C=O) groups excluding carboxylic acids is 2. The van der Waals surface area contributed by atoms with E-state index in [-0.39, 0.29) is 18.5 Å². The number of amides is 1. The van der Waals surface area contributed by atoms with Crippen molar-refractivity contribution in [2.45, 2.75) is 26.3 Å². The van der Waals surface area contributed by atoms with Crippen LogP contribution in [0.4, 0.5) is 5.69 Å². The van der Waals surface area contributed by atoms with Gasteiger partial charge in [-0.05, 0) is 17.9 Å². The van der Waals surface area contributed by atoms with Crippen molar-refractivity contribution in [2.24, 2.45) is 0 Å². The van der Waals surface area contributed by atoms with Gasteiger partial charge in [0.25, 0.3) is 5.91 Å². The van der Waals surface area contributed by atoms with Crippen LogP contribution in [-0.4, -0.2) is 31.1 Å². The first-order valence-electron chi connectivity index (χ1n) is 8.14. The molecule has 0 bridgehead atoms. The lowest BCUT2D eigenvalue weighted by molar-refractivity contribution is -0.140. The summed E-state index contributed by atoms with van der Waals surface area (Å²) >= 11 is 0. The quantitative estimate of drug-likeness (QED) is 0.636. The van der Waals surface area contributed by atoms with Crippen molar-refractivity contribution in [3.8, 4) is 12.0 Å². The first-order valence-corrected chi connectivity index (χ1v) is 8.14. The van der Waals surface area contributed by atoms with E-state index in [2.05, 4.69) is 12.0 Å². The summed E-state index contributed by atoms with van der Waals surface area (Å²) in [6.45, 7) is 3.65. The zero-order chi connectivity index (χ0) is 17.8. The molecule has 25 heavy (non-hydrogen) atoms. The molecule has 0 spiro atoms. The number of hydrogen-bond acceptors (Lipinski definition) is 4. The molecule has 5 heteroatoms. The normalized spacial score (nSPS) is 16.1. The van der Waals surface area contributed by atoms with Crippen LogP contribution in [0.5, 0.6) is 0 Å². The molecule has 1 saturated heterocycles. The van der Waals surface area contributed by atoms with Gasteiger partial charge in [-0.25, -0.2) is 4.79 Å². The highest BCUT2D eigenvalue weighted by molar-refractivity contribution is 6.08. The molecular weight excluding hydrogens is 318 g/mol. The van der Waals surface area contributed by atoms with E-state index in [1.54, 1.807) is 6.92 Å². The number of fused-ring (bicyclic) bond motifs is 1. The number of aryl methyl sites for hydroxylation is 1. The van der Waals surface area contributed by atoms with E-state index in [1.807, 2.05) is 43.3 Å². The average Bonchev–Trinajstić information content (AvgIpc) is 3.03. The predicted octanol–water partition coefficient (Wildman–Crippen LogP) is 2.79. The van der Waals surface area contributed by atoms with Crippen LogP contribution in [-0.2, 0) is 19.1 Å². The molecule has 0 saturated carbocycles. The molecule has 1 heterocycles. The summed E-state index contributed by atoms with van der Waals surface area (Å²) in [5.41, 5.74) is 1.63. The van der Waals surface area contributed by atoms with Gasteiger partial charge < -0.3 is 9.47 Å². The van der Waals surface area contributed by atoms with Gasteiger partial charge in [0, 0.05) is 18.7 Å². The molecule has 2 aromatic carbocycles. The summed E-state index contributed by atoms with van der Waals surface area (Å²) in [6, 6.07) is 11.1. The largest absolute Gasteiger partial charge is 0.464 e. The number of anilines is 1. The molecule has 2 aromatic rings. The molecule has 1 unspecified atom stereocenters. The Balaban J connectivity index is 2.11. The zero-order valence-corrected chi connectivity index (χ0v) is 14.2.